The molecule has 0 fully saturated rings. The Hall–Kier alpha value is -1.71. The number of hydrogen-bond acceptors (Lipinski definition) is 3. The van der Waals surface area contributed by atoms with Crippen molar-refractivity contribution in [2.75, 3.05) is 0 Å². The first-order chi connectivity index (χ1) is 6.22. The fourth-order valence-corrected chi connectivity index (χ4v) is 1.21. The second kappa shape index (κ2) is 2.65. The number of aryl methyl sites for hydroxylation is 2. The topological polar surface area (TPSA) is 47.3 Å². The van der Waals surface area contributed by atoms with Crippen LogP contribution >= 0.6 is 0 Å². The molecule has 0 unspecified atom stereocenters. The lowest BCUT2D eigenvalue weighted by molar-refractivity contribution is 0.111. The van der Waals surface area contributed by atoms with Crippen LogP contribution in [0.1, 0.15) is 21.7 Å². The van der Waals surface area contributed by atoms with Crippen molar-refractivity contribution in [1.29, 1.82) is 0 Å². The van der Waals surface area contributed by atoms with Gasteiger partial charge in [-0.25, -0.2) is 9.50 Å². The lowest BCUT2D eigenvalue weighted by Gasteiger charge is -2.00. The van der Waals surface area contributed by atoms with Gasteiger partial charge in [0.05, 0.1) is 0 Å². The van der Waals surface area contributed by atoms with Gasteiger partial charge in [-0.15, -0.1) is 0 Å². The van der Waals surface area contributed by atoms with E-state index < -0.39 is 0 Å². The first-order valence-electron chi connectivity index (χ1n) is 3.99. The van der Waals surface area contributed by atoms with Crippen LogP contribution in [0.2, 0.25) is 0 Å². The fraction of sp³-hybridized carbons (Fsp3) is 0.222. The highest BCUT2D eigenvalue weighted by Crippen LogP contribution is 2.08. The molecule has 66 valence electrons. The summed E-state index contributed by atoms with van der Waals surface area (Å²) in [5.41, 5.74) is 3.21. The van der Waals surface area contributed by atoms with Crippen LogP contribution in [0.5, 0.6) is 0 Å². The molecule has 4 nitrogen and oxygen atoms in total. The molecular formula is C9H9N3O. The van der Waals surface area contributed by atoms with Gasteiger partial charge in [0.2, 0.25) is 0 Å². The SMILES string of the molecule is Cc1cnc2cc(C=O)nn2c1C. The summed E-state index contributed by atoms with van der Waals surface area (Å²) in [4.78, 5) is 14.6. The lowest BCUT2D eigenvalue weighted by atomic mass is 10.3. The van der Waals surface area contributed by atoms with Gasteiger partial charge in [-0.2, -0.15) is 5.10 Å². The zero-order chi connectivity index (χ0) is 9.42. The number of hydrogen-bond donors (Lipinski definition) is 0. The van der Waals surface area contributed by atoms with Gasteiger partial charge >= 0.3 is 0 Å². The molecule has 0 aliphatic rings. The van der Waals surface area contributed by atoms with E-state index in [4.69, 9.17) is 0 Å². The molecular weight excluding hydrogens is 166 g/mol. The van der Waals surface area contributed by atoms with E-state index in [1.165, 1.54) is 0 Å². The molecule has 0 aromatic carbocycles. The Balaban J connectivity index is 2.83. The molecule has 0 aliphatic heterocycles. The molecule has 0 amide bonds. The number of carbonyl (C=O) groups excluding carboxylic acids is 1. The van der Waals surface area contributed by atoms with Crippen LogP contribution in [-0.4, -0.2) is 20.9 Å². The molecule has 0 saturated carbocycles. The third-order valence-electron chi connectivity index (χ3n) is 2.11. The van der Waals surface area contributed by atoms with Gasteiger partial charge in [0, 0.05) is 18.0 Å². The van der Waals surface area contributed by atoms with Crippen molar-refractivity contribution in [3.63, 3.8) is 0 Å². The molecule has 2 aromatic rings. The number of nitrogens with zero attached hydrogens (tertiary/aromatic N) is 3. The molecule has 13 heavy (non-hydrogen) atoms. The predicted molar refractivity (Wildman–Crippen MR) is 47.8 cm³/mol. The first kappa shape index (κ1) is 7.91. The number of aldehydes is 1. The number of aromatic nitrogens is 3. The van der Waals surface area contributed by atoms with E-state index in [1.54, 1.807) is 16.8 Å². The molecule has 0 N–H and O–H groups in total. The highest BCUT2D eigenvalue weighted by atomic mass is 16.1. The van der Waals surface area contributed by atoms with Crippen LogP contribution in [0.25, 0.3) is 5.65 Å². The van der Waals surface area contributed by atoms with Crippen molar-refractivity contribution >= 4 is 11.9 Å². The Bertz CT molecular complexity index is 473. The van der Waals surface area contributed by atoms with Gasteiger partial charge in [-0.05, 0) is 19.4 Å². The maximum Gasteiger partial charge on any atom is 0.170 e. The Labute approximate surface area is 75.2 Å². The van der Waals surface area contributed by atoms with Gasteiger partial charge in [0.25, 0.3) is 0 Å². The fourth-order valence-electron chi connectivity index (χ4n) is 1.21. The predicted octanol–water partition coefficient (Wildman–Crippen LogP) is 1.16. The normalized spacial score (nSPS) is 10.6. The van der Waals surface area contributed by atoms with Crippen LogP contribution in [-0.2, 0) is 0 Å². The summed E-state index contributed by atoms with van der Waals surface area (Å²) in [5.74, 6) is 0. The average molecular weight is 175 g/mol. The van der Waals surface area contributed by atoms with Crippen molar-refractivity contribution in [2.45, 2.75) is 13.8 Å². The molecule has 2 heterocycles. The standard InChI is InChI=1S/C9H9N3O/c1-6-4-10-9-3-8(5-13)11-12(9)7(6)2/h3-5H,1-2H3. The molecule has 0 bridgehead atoms. The number of carbonyl (C=O) groups is 1. The lowest BCUT2D eigenvalue weighted by Crippen LogP contribution is -1.98. The van der Waals surface area contributed by atoms with Crippen LogP contribution in [0.15, 0.2) is 12.3 Å². The van der Waals surface area contributed by atoms with Crippen molar-refractivity contribution < 1.29 is 4.79 Å². The second-order valence-electron chi connectivity index (χ2n) is 2.98. The minimum Gasteiger partial charge on any atom is -0.296 e. The van der Waals surface area contributed by atoms with Crippen molar-refractivity contribution in [3.8, 4) is 0 Å². The molecule has 2 rings (SSSR count). The van der Waals surface area contributed by atoms with E-state index in [0.717, 1.165) is 17.5 Å². The van der Waals surface area contributed by atoms with E-state index in [1.807, 2.05) is 13.8 Å². The Morgan fingerprint density at radius 3 is 2.92 bits per heavy atom. The van der Waals surface area contributed by atoms with E-state index in [9.17, 15) is 4.79 Å². The van der Waals surface area contributed by atoms with Gasteiger partial charge < -0.3 is 0 Å². The number of fused-ring (bicyclic) bond motifs is 1. The maximum absolute atomic E-state index is 10.5. The van der Waals surface area contributed by atoms with E-state index in [0.29, 0.717) is 11.3 Å². The average Bonchev–Trinajstić information content (AvgIpc) is 2.55. The summed E-state index contributed by atoms with van der Waals surface area (Å²) in [6.45, 7) is 3.91. The smallest absolute Gasteiger partial charge is 0.170 e. The Kier molecular flexibility index (Phi) is 1.62. The van der Waals surface area contributed by atoms with Crippen LogP contribution in [0.4, 0.5) is 0 Å². The summed E-state index contributed by atoms with van der Waals surface area (Å²) in [6, 6.07) is 1.67. The quantitative estimate of drug-likeness (QED) is 0.611. The van der Waals surface area contributed by atoms with E-state index in [2.05, 4.69) is 10.1 Å². The van der Waals surface area contributed by atoms with Gasteiger partial charge in [-0.3, -0.25) is 4.79 Å². The summed E-state index contributed by atoms with van der Waals surface area (Å²) in [5, 5.41) is 4.08. The zero-order valence-corrected chi connectivity index (χ0v) is 7.48. The van der Waals surface area contributed by atoms with E-state index in [-0.39, 0.29) is 0 Å². The molecule has 0 aliphatic carbocycles. The van der Waals surface area contributed by atoms with Gasteiger partial charge in [0.15, 0.2) is 11.9 Å². The van der Waals surface area contributed by atoms with Crippen LogP contribution in [0, 0.1) is 13.8 Å². The van der Waals surface area contributed by atoms with E-state index >= 15 is 0 Å². The molecule has 2 aromatic heterocycles. The minimum atomic E-state index is 0.418. The molecule has 0 radical (unpaired) electrons. The van der Waals surface area contributed by atoms with Crippen molar-refractivity contribution in [2.24, 2.45) is 0 Å². The summed E-state index contributed by atoms with van der Waals surface area (Å²) in [7, 11) is 0. The van der Waals surface area contributed by atoms with Crippen molar-refractivity contribution in [3.05, 3.63) is 29.2 Å². The molecule has 4 heteroatoms. The molecule has 0 atom stereocenters. The third-order valence-corrected chi connectivity index (χ3v) is 2.11. The molecule has 0 spiro atoms. The van der Waals surface area contributed by atoms with Crippen LogP contribution < -0.4 is 0 Å². The van der Waals surface area contributed by atoms with Crippen LogP contribution in [0.3, 0.4) is 0 Å². The highest BCUT2D eigenvalue weighted by molar-refractivity contribution is 5.74. The van der Waals surface area contributed by atoms with Crippen molar-refractivity contribution in [1.82, 2.24) is 14.6 Å². The highest BCUT2D eigenvalue weighted by Gasteiger charge is 2.04. The summed E-state index contributed by atoms with van der Waals surface area (Å²) in [6.07, 6.45) is 2.50. The third kappa shape index (κ3) is 1.11. The molecule has 0 saturated heterocycles. The maximum atomic E-state index is 10.5. The van der Waals surface area contributed by atoms with Gasteiger partial charge in [-0.1, -0.05) is 0 Å². The summed E-state index contributed by atoms with van der Waals surface area (Å²) >= 11 is 0. The zero-order valence-electron chi connectivity index (χ0n) is 7.48. The van der Waals surface area contributed by atoms with Gasteiger partial charge in [0.1, 0.15) is 5.69 Å². The first-order valence-corrected chi connectivity index (χ1v) is 3.99. The Morgan fingerprint density at radius 2 is 2.23 bits per heavy atom. The summed E-state index contributed by atoms with van der Waals surface area (Å²) < 4.78 is 1.68. The Morgan fingerprint density at radius 1 is 1.46 bits per heavy atom. The number of rotatable bonds is 1. The monoisotopic (exact) mass is 175 g/mol. The minimum absolute atomic E-state index is 0.418. The second-order valence-corrected chi connectivity index (χ2v) is 2.98. The largest absolute Gasteiger partial charge is 0.296 e.